The maximum atomic E-state index is 17.3. The lowest BCUT2D eigenvalue weighted by Crippen LogP contribution is -2.51. The summed E-state index contributed by atoms with van der Waals surface area (Å²) in [5, 5.41) is 15.3. The van der Waals surface area contributed by atoms with Crippen molar-refractivity contribution in [1.29, 1.82) is 0 Å². The van der Waals surface area contributed by atoms with Gasteiger partial charge in [0.15, 0.2) is 5.82 Å². The molecule has 4 aromatic rings. The molecule has 2 aromatic heterocycles. The largest absolute Gasteiger partial charge is 0.508 e. The molecule has 272 valence electrons. The number of ether oxygens (including phenoxy) is 2. The number of halogens is 4. The van der Waals surface area contributed by atoms with Gasteiger partial charge in [0.2, 0.25) is 5.88 Å². The molecule has 4 aliphatic rings. The third-order valence-electron chi connectivity index (χ3n) is 10.8. The first-order chi connectivity index (χ1) is 25.0. The highest BCUT2D eigenvalue weighted by Crippen LogP contribution is 2.48. The number of aromatic nitrogens is 3. The number of hydrogen-bond acceptors (Lipinski definition) is 9. The summed E-state index contributed by atoms with van der Waals surface area (Å²) in [6, 6.07) is 5.87. The molecular formula is C39H40F4N6O3. The summed E-state index contributed by atoms with van der Waals surface area (Å²) in [7, 11) is 0. The van der Waals surface area contributed by atoms with E-state index in [9.17, 15) is 13.9 Å². The molecule has 0 spiro atoms. The molecule has 52 heavy (non-hydrogen) atoms. The van der Waals surface area contributed by atoms with Crippen molar-refractivity contribution in [3.8, 4) is 41.2 Å². The van der Waals surface area contributed by atoms with Gasteiger partial charge >= 0.3 is 6.01 Å². The van der Waals surface area contributed by atoms with Gasteiger partial charge in [-0.1, -0.05) is 12.0 Å². The van der Waals surface area contributed by atoms with Crippen molar-refractivity contribution in [3.63, 3.8) is 0 Å². The van der Waals surface area contributed by atoms with Crippen molar-refractivity contribution in [2.45, 2.75) is 70.6 Å². The molecule has 5 heterocycles. The molecule has 3 aliphatic heterocycles. The Kier molecular flexibility index (Phi) is 8.86. The second-order valence-corrected chi connectivity index (χ2v) is 14.9. The Labute approximate surface area is 299 Å². The average molecular weight is 717 g/mol. The second kappa shape index (κ2) is 13.4. The Morgan fingerprint density at radius 1 is 1.06 bits per heavy atom. The Balaban J connectivity index is 1.24. The fourth-order valence-electron chi connectivity index (χ4n) is 7.99. The first kappa shape index (κ1) is 34.4. The average Bonchev–Trinajstić information content (AvgIpc) is 3.81. The van der Waals surface area contributed by atoms with Gasteiger partial charge in [0.25, 0.3) is 6.08 Å². The van der Waals surface area contributed by atoms with Crippen LogP contribution in [0.4, 0.5) is 23.4 Å². The number of nitrogens with one attached hydrogen (secondary N) is 1. The summed E-state index contributed by atoms with van der Waals surface area (Å²) in [5.41, 5.74) is -0.269. The van der Waals surface area contributed by atoms with E-state index in [-0.39, 0.29) is 86.5 Å². The number of phenols is 1. The summed E-state index contributed by atoms with van der Waals surface area (Å²) >= 11 is 0. The van der Waals surface area contributed by atoms with Crippen molar-refractivity contribution >= 4 is 27.5 Å². The number of phenolic OH excluding ortho intramolecular Hbond substituents is 1. The van der Waals surface area contributed by atoms with Crippen LogP contribution >= 0.6 is 0 Å². The van der Waals surface area contributed by atoms with Crippen LogP contribution in [0.1, 0.15) is 57.9 Å². The van der Waals surface area contributed by atoms with Crippen molar-refractivity contribution in [2.24, 2.45) is 5.41 Å². The molecule has 2 N–H and O–H groups in total. The number of nitrogens with zero attached hydrogens (tertiary/aromatic N) is 5. The first-order valence-electron chi connectivity index (χ1n) is 17.9. The van der Waals surface area contributed by atoms with E-state index in [4.69, 9.17) is 25.9 Å². The number of likely N-dealkylation sites (tertiary alicyclic amines) is 1. The molecule has 9 nitrogen and oxygen atoms in total. The Bertz CT molecular complexity index is 2120. The summed E-state index contributed by atoms with van der Waals surface area (Å²) in [5.74, 6) is 1.24. The zero-order valence-electron chi connectivity index (χ0n) is 29.1. The zero-order valence-corrected chi connectivity index (χ0v) is 29.1. The zero-order chi connectivity index (χ0) is 36.3. The molecule has 8 rings (SSSR count). The lowest BCUT2D eigenvalue weighted by molar-refractivity contribution is 0.146. The van der Waals surface area contributed by atoms with E-state index in [0.29, 0.717) is 56.8 Å². The topological polar surface area (TPSA) is 95.9 Å². The van der Waals surface area contributed by atoms with Gasteiger partial charge < -0.3 is 29.7 Å². The minimum atomic E-state index is -1.57. The van der Waals surface area contributed by atoms with Gasteiger partial charge in [0.05, 0.1) is 18.3 Å². The number of hydrogen-bond donors (Lipinski definition) is 2. The van der Waals surface area contributed by atoms with Gasteiger partial charge in [-0.15, -0.1) is 6.42 Å². The van der Waals surface area contributed by atoms with Crippen LogP contribution in [-0.2, 0) is 0 Å². The van der Waals surface area contributed by atoms with Crippen LogP contribution in [0.2, 0.25) is 0 Å². The van der Waals surface area contributed by atoms with Crippen LogP contribution in [0.5, 0.6) is 17.6 Å². The summed E-state index contributed by atoms with van der Waals surface area (Å²) in [6.45, 7) is 7.01. The van der Waals surface area contributed by atoms with Crippen molar-refractivity contribution in [3.05, 3.63) is 53.1 Å². The molecule has 2 bridgehead atoms. The van der Waals surface area contributed by atoms with Crippen molar-refractivity contribution in [2.75, 3.05) is 44.2 Å². The normalized spacial score (nSPS) is 21.2. The SMILES string of the molecule is C#Cc1c(F)ccc2cc(O)cc(-c3nc(OC(C)C)c4c(N5CC6CCC(C5)N6)nc(OCC5(CN6CCC(=C(F)F)CC6)CC5)nc4c3F)c12. The molecule has 2 atom stereocenters. The van der Waals surface area contributed by atoms with E-state index in [1.165, 1.54) is 24.3 Å². The third kappa shape index (κ3) is 6.47. The highest BCUT2D eigenvalue weighted by molar-refractivity contribution is 6.04. The molecule has 3 saturated heterocycles. The summed E-state index contributed by atoms with van der Waals surface area (Å²) < 4.78 is 71.2. The minimum Gasteiger partial charge on any atom is -0.508 e. The predicted molar refractivity (Wildman–Crippen MR) is 190 cm³/mol. The number of terminal acetylenes is 1. The fraction of sp³-hybridized carbons (Fsp3) is 0.462. The van der Waals surface area contributed by atoms with Crippen LogP contribution in [0, 0.1) is 29.4 Å². The summed E-state index contributed by atoms with van der Waals surface area (Å²) in [4.78, 5) is 18.6. The number of piperidine rings is 1. The fourth-order valence-corrected chi connectivity index (χ4v) is 7.99. The monoisotopic (exact) mass is 716 g/mol. The summed E-state index contributed by atoms with van der Waals surface area (Å²) in [6.07, 6.45) is 8.33. The molecule has 2 aromatic carbocycles. The maximum Gasteiger partial charge on any atom is 0.319 e. The first-order valence-corrected chi connectivity index (χ1v) is 17.9. The van der Waals surface area contributed by atoms with E-state index < -0.39 is 17.7 Å². The number of rotatable bonds is 9. The minimum absolute atomic E-state index is 0.00862. The number of piperazine rings is 1. The van der Waals surface area contributed by atoms with Crippen LogP contribution < -0.4 is 19.7 Å². The van der Waals surface area contributed by atoms with Crippen LogP contribution in [0.25, 0.3) is 32.9 Å². The Morgan fingerprint density at radius 2 is 1.79 bits per heavy atom. The number of benzene rings is 2. The molecule has 1 saturated carbocycles. The molecule has 0 radical (unpaired) electrons. The number of pyridine rings is 1. The number of anilines is 1. The maximum absolute atomic E-state index is 17.3. The molecular weight excluding hydrogens is 676 g/mol. The van der Waals surface area contributed by atoms with E-state index in [2.05, 4.69) is 26.0 Å². The lowest BCUT2D eigenvalue weighted by atomic mass is 9.95. The molecule has 1 aliphatic carbocycles. The van der Waals surface area contributed by atoms with Gasteiger partial charge in [0.1, 0.15) is 34.0 Å². The Hall–Kier alpha value is -4.67. The van der Waals surface area contributed by atoms with Crippen molar-refractivity contribution in [1.82, 2.24) is 25.2 Å². The van der Waals surface area contributed by atoms with Crippen molar-refractivity contribution < 1.29 is 32.1 Å². The predicted octanol–water partition coefficient (Wildman–Crippen LogP) is 6.94. The van der Waals surface area contributed by atoms with Gasteiger partial charge in [-0.3, -0.25) is 0 Å². The molecule has 4 fully saturated rings. The van der Waals surface area contributed by atoms with E-state index >= 15 is 8.78 Å². The van der Waals surface area contributed by atoms with Crippen LogP contribution in [0.15, 0.2) is 35.9 Å². The lowest BCUT2D eigenvalue weighted by Gasteiger charge is -2.34. The van der Waals surface area contributed by atoms with Gasteiger partial charge in [0, 0.05) is 61.2 Å². The highest BCUT2D eigenvalue weighted by Gasteiger charge is 2.45. The smallest absolute Gasteiger partial charge is 0.319 e. The van der Waals surface area contributed by atoms with E-state index in [0.717, 1.165) is 25.7 Å². The van der Waals surface area contributed by atoms with Gasteiger partial charge in [-0.05, 0) is 81.5 Å². The van der Waals surface area contributed by atoms with Crippen LogP contribution in [-0.4, -0.2) is 82.5 Å². The number of fused-ring (bicyclic) bond motifs is 4. The van der Waals surface area contributed by atoms with Crippen LogP contribution in [0.3, 0.4) is 0 Å². The quantitative estimate of drug-likeness (QED) is 0.141. The van der Waals surface area contributed by atoms with E-state index in [1.807, 2.05) is 13.8 Å². The molecule has 13 heteroatoms. The standard InChI is InChI=1S/C39H40F4N6O3/c1-4-27-29(40)8-5-23-15-26(50)16-28(30(23)27)33-32(41)34-31(37(45-33)52-21(2)3)36(49-17-24-6-7-25(18-49)44-24)47-38(46-34)51-20-39(11-12-39)19-48-13-9-22(10-14-48)35(42)43/h1,5,8,15-16,21,24-25,44,50H,6-7,9-14,17-20H2,2-3H3. The second-order valence-electron chi connectivity index (χ2n) is 14.9. The Morgan fingerprint density at radius 3 is 2.44 bits per heavy atom. The van der Waals surface area contributed by atoms with Gasteiger partial charge in [-0.2, -0.15) is 18.7 Å². The van der Waals surface area contributed by atoms with E-state index in [1.54, 1.807) is 0 Å². The number of aromatic hydroxyl groups is 1. The molecule has 2 unspecified atom stereocenters. The molecule has 0 amide bonds. The van der Waals surface area contributed by atoms with Gasteiger partial charge in [-0.25, -0.2) is 13.8 Å². The highest BCUT2D eigenvalue weighted by atomic mass is 19.3. The third-order valence-corrected chi connectivity index (χ3v) is 10.8.